The number of carbonyl (C=O) groups excluding carboxylic acids is 4. The normalized spacial score (nSPS) is 24.4. The molecule has 7 nitrogen and oxygen atoms in total. The summed E-state index contributed by atoms with van der Waals surface area (Å²) in [5.41, 5.74) is 2.25. The van der Waals surface area contributed by atoms with Crippen molar-refractivity contribution in [1.82, 2.24) is 0 Å². The van der Waals surface area contributed by atoms with Gasteiger partial charge in [0.25, 0.3) is 0 Å². The van der Waals surface area contributed by atoms with Crippen molar-refractivity contribution in [3.05, 3.63) is 66.2 Å². The van der Waals surface area contributed by atoms with Gasteiger partial charge in [-0.05, 0) is 55.7 Å². The minimum Gasteiger partial charge on any atom is -0.426 e. The van der Waals surface area contributed by atoms with Crippen molar-refractivity contribution < 1.29 is 23.9 Å². The van der Waals surface area contributed by atoms with Crippen LogP contribution >= 0.6 is 0 Å². The number of esters is 1. The van der Waals surface area contributed by atoms with E-state index in [1.807, 2.05) is 43.3 Å². The third kappa shape index (κ3) is 3.73. The number of hydrogen-bond acceptors (Lipinski definition) is 5. The predicted molar refractivity (Wildman–Crippen MR) is 122 cm³/mol. The lowest BCUT2D eigenvalue weighted by atomic mass is 9.85. The number of benzene rings is 2. The molecule has 2 saturated heterocycles. The molecule has 7 heteroatoms. The van der Waals surface area contributed by atoms with Crippen LogP contribution in [-0.2, 0) is 19.2 Å². The third-order valence-electron chi connectivity index (χ3n) is 6.69. The number of nitrogens with zero attached hydrogens (tertiary/aromatic N) is 2. The van der Waals surface area contributed by atoms with Gasteiger partial charge in [0.1, 0.15) is 5.75 Å². The Hall–Kier alpha value is -3.74. The molecule has 2 aromatic carbocycles. The Balaban J connectivity index is 1.25. The van der Waals surface area contributed by atoms with Crippen molar-refractivity contribution in [2.45, 2.75) is 26.2 Å². The number of ether oxygens (including phenoxy) is 1. The molecule has 0 bridgehead atoms. The van der Waals surface area contributed by atoms with Gasteiger partial charge in [-0.2, -0.15) is 0 Å². The molecule has 3 aliphatic rings. The second-order valence-electron chi connectivity index (χ2n) is 8.77. The number of allylic oxidation sites excluding steroid dienone is 2. The molecule has 3 atom stereocenters. The van der Waals surface area contributed by atoms with E-state index in [0.717, 1.165) is 11.3 Å². The summed E-state index contributed by atoms with van der Waals surface area (Å²) < 4.78 is 5.51. The number of fused-ring (bicyclic) bond motifs is 1. The van der Waals surface area contributed by atoms with E-state index in [9.17, 15) is 19.2 Å². The molecule has 0 spiro atoms. The van der Waals surface area contributed by atoms with E-state index in [4.69, 9.17) is 4.74 Å². The highest BCUT2D eigenvalue weighted by Crippen LogP contribution is 2.38. The SMILES string of the molecule is Cc1ccccc1N1C[C@H](C(=O)Oc2ccc(N3C(=O)[C@H]4CC=CC[C@@H]4C3=O)cc2)CC1=O. The quantitative estimate of drug-likeness (QED) is 0.312. The molecule has 2 fully saturated rings. The zero-order chi connectivity index (χ0) is 23.1. The Labute approximate surface area is 191 Å². The van der Waals surface area contributed by atoms with Crippen LogP contribution in [0.1, 0.15) is 24.8 Å². The van der Waals surface area contributed by atoms with Crippen molar-refractivity contribution in [2.24, 2.45) is 17.8 Å². The van der Waals surface area contributed by atoms with Crippen LogP contribution in [0.2, 0.25) is 0 Å². The Morgan fingerprint density at radius 1 is 0.909 bits per heavy atom. The molecule has 3 amide bonds. The second-order valence-corrected chi connectivity index (χ2v) is 8.77. The number of anilines is 2. The minimum absolute atomic E-state index is 0.0961. The van der Waals surface area contributed by atoms with Gasteiger partial charge < -0.3 is 9.64 Å². The zero-order valence-electron chi connectivity index (χ0n) is 18.3. The molecule has 33 heavy (non-hydrogen) atoms. The number of para-hydroxylation sites is 1. The fourth-order valence-corrected chi connectivity index (χ4v) is 4.88. The van der Waals surface area contributed by atoms with Crippen molar-refractivity contribution >= 4 is 35.1 Å². The van der Waals surface area contributed by atoms with E-state index in [1.165, 1.54) is 4.90 Å². The van der Waals surface area contributed by atoms with E-state index in [-0.39, 0.29) is 42.5 Å². The Morgan fingerprint density at radius 3 is 2.18 bits per heavy atom. The molecule has 2 aromatic rings. The number of hydrogen-bond donors (Lipinski definition) is 0. The summed E-state index contributed by atoms with van der Waals surface area (Å²) in [6.07, 6.45) is 5.17. The van der Waals surface area contributed by atoms with Gasteiger partial charge in [-0.1, -0.05) is 30.4 Å². The summed E-state index contributed by atoms with van der Waals surface area (Å²) in [7, 11) is 0. The van der Waals surface area contributed by atoms with Gasteiger partial charge in [-0.25, -0.2) is 0 Å². The van der Waals surface area contributed by atoms with E-state index >= 15 is 0 Å². The van der Waals surface area contributed by atoms with Crippen molar-refractivity contribution in [3.8, 4) is 5.75 Å². The molecule has 5 rings (SSSR count). The van der Waals surface area contributed by atoms with E-state index in [0.29, 0.717) is 24.3 Å². The Kier molecular flexibility index (Phi) is 5.32. The first kappa shape index (κ1) is 21.1. The summed E-state index contributed by atoms with van der Waals surface area (Å²) in [4.78, 5) is 53.6. The Bertz CT molecular complexity index is 1140. The summed E-state index contributed by atoms with van der Waals surface area (Å²) >= 11 is 0. The number of amides is 3. The first-order valence-corrected chi connectivity index (χ1v) is 11.1. The average molecular weight is 444 g/mol. The molecule has 1 aliphatic carbocycles. The van der Waals surface area contributed by atoms with Gasteiger partial charge in [0, 0.05) is 18.7 Å². The largest absolute Gasteiger partial charge is 0.426 e. The van der Waals surface area contributed by atoms with Crippen LogP contribution in [0.3, 0.4) is 0 Å². The standard InChI is InChI=1S/C26H24N2O5/c1-16-6-2-5-9-22(16)27-15-17(14-23(27)29)26(32)33-19-12-10-18(11-13-19)28-24(30)20-7-3-4-8-21(20)25(28)31/h2-6,9-13,17,20-21H,7-8,14-15H2,1H3/t17-,20+,21+/m1/s1. The smallest absolute Gasteiger partial charge is 0.316 e. The first-order chi connectivity index (χ1) is 15.9. The lowest BCUT2D eigenvalue weighted by Gasteiger charge is -2.18. The fraction of sp³-hybridized carbons (Fsp3) is 0.308. The number of rotatable bonds is 4. The third-order valence-corrected chi connectivity index (χ3v) is 6.69. The monoisotopic (exact) mass is 444 g/mol. The first-order valence-electron chi connectivity index (χ1n) is 11.1. The van der Waals surface area contributed by atoms with E-state index in [1.54, 1.807) is 29.2 Å². The highest BCUT2D eigenvalue weighted by atomic mass is 16.5. The molecular formula is C26H24N2O5. The number of imide groups is 1. The summed E-state index contributed by atoms with van der Waals surface area (Å²) in [5.74, 6) is -1.79. The second kappa shape index (κ2) is 8.31. The topological polar surface area (TPSA) is 84.0 Å². The summed E-state index contributed by atoms with van der Waals surface area (Å²) in [5, 5.41) is 0. The molecule has 0 aromatic heterocycles. The zero-order valence-corrected chi connectivity index (χ0v) is 18.3. The summed E-state index contributed by atoms with van der Waals surface area (Å²) in [6.45, 7) is 2.20. The highest BCUT2D eigenvalue weighted by Gasteiger charge is 2.47. The molecule has 0 N–H and O–H groups in total. The van der Waals surface area contributed by atoms with E-state index < -0.39 is 11.9 Å². The van der Waals surface area contributed by atoms with Crippen LogP contribution in [0.5, 0.6) is 5.75 Å². The van der Waals surface area contributed by atoms with E-state index in [2.05, 4.69) is 0 Å². The average Bonchev–Trinajstić information content (AvgIpc) is 3.33. The molecule has 168 valence electrons. The molecule has 2 heterocycles. The van der Waals surface area contributed by atoms with Gasteiger partial charge in [0.15, 0.2) is 0 Å². The summed E-state index contributed by atoms with van der Waals surface area (Å²) in [6, 6.07) is 13.9. The van der Waals surface area contributed by atoms with Gasteiger partial charge >= 0.3 is 5.97 Å². The molecule has 0 saturated carbocycles. The highest BCUT2D eigenvalue weighted by molar-refractivity contribution is 6.22. The Morgan fingerprint density at radius 2 is 1.55 bits per heavy atom. The fourth-order valence-electron chi connectivity index (χ4n) is 4.88. The lowest BCUT2D eigenvalue weighted by molar-refractivity contribution is -0.139. The van der Waals surface area contributed by atoms with Gasteiger partial charge in [-0.15, -0.1) is 0 Å². The molecule has 0 radical (unpaired) electrons. The van der Waals surface area contributed by atoms with Gasteiger partial charge in [0.2, 0.25) is 17.7 Å². The van der Waals surface area contributed by atoms with Crippen LogP contribution in [0.25, 0.3) is 0 Å². The van der Waals surface area contributed by atoms with Gasteiger partial charge in [0.05, 0.1) is 23.4 Å². The van der Waals surface area contributed by atoms with Crippen LogP contribution in [-0.4, -0.2) is 30.2 Å². The molecular weight excluding hydrogens is 420 g/mol. The predicted octanol–water partition coefficient (Wildman–Crippen LogP) is 3.41. The maximum atomic E-state index is 12.7. The maximum absolute atomic E-state index is 12.7. The maximum Gasteiger partial charge on any atom is 0.316 e. The van der Waals surface area contributed by atoms with Crippen molar-refractivity contribution in [1.29, 1.82) is 0 Å². The minimum atomic E-state index is -0.561. The van der Waals surface area contributed by atoms with Crippen LogP contribution in [0.4, 0.5) is 11.4 Å². The number of carbonyl (C=O) groups is 4. The van der Waals surface area contributed by atoms with Crippen LogP contribution in [0, 0.1) is 24.7 Å². The van der Waals surface area contributed by atoms with Crippen molar-refractivity contribution in [2.75, 3.05) is 16.3 Å². The van der Waals surface area contributed by atoms with Gasteiger partial charge in [-0.3, -0.25) is 24.1 Å². The van der Waals surface area contributed by atoms with Crippen LogP contribution in [0.15, 0.2) is 60.7 Å². The lowest BCUT2D eigenvalue weighted by Crippen LogP contribution is -2.30. The number of aryl methyl sites for hydroxylation is 1. The van der Waals surface area contributed by atoms with Crippen molar-refractivity contribution in [3.63, 3.8) is 0 Å². The molecule has 0 unspecified atom stereocenters. The van der Waals surface area contributed by atoms with Crippen LogP contribution < -0.4 is 14.5 Å². The molecule has 2 aliphatic heterocycles.